The summed E-state index contributed by atoms with van der Waals surface area (Å²) in [6.07, 6.45) is 3.44. The molecule has 0 aromatic carbocycles. The van der Waals surface area contributed by atoms with E-state index in [0.717, 1.165) is 29.8 Å². The first kappa shape index (κ1) is 18.4. The third-order valence-electron chi connectivity index (χ3n) is 3.24. The molecule has 0 spiro atoms. The minimum atomic E-state index is 0.281. The molecule has 0 amide bonds. The van der Waals surface area contributed by atoms with E-state index in [1.54, 1.807) is 11.3 Å². The lowest BCUT2D eigenvalue weighted by Crippen LogP contribution is -2.38. The van der Waals surface area contributed by atoms with Crippen molar-refractivity contribution in [1.82, 2.24) is 25.8 Å². The van der Waals surface area contributed by atoms with E-state index in [1.165, 1.54) is 4.88 Å². The lowest BCUT2D eigenvalue weighted by atomic mass is 10.2. The van der Waals surface area contributed by atoms with E-state index < -0.39 is 0 Å². The Kier molecular flexibility index (Phi) is 7.17. The van der Waals surface area contributed by atoms with Crippen LogP contribution in [0.3, 0.4) is 0 Å². The fourth-order valence-corrected chi connectivity index (χ4v) is 2.79. The van der Waals surface area contributed by atoms with Crippen molar-refractivity contribution in [2.24, 2.45) is 4.99 Å². The molecule has 0 aliphatic carbocycles. The van der Waals surface area contributed by atoms with Crippen LogP contribution in [0.1, 0.15) is 48.3 Å². The van der Waals surface area contributed by atoms with Crippen LogP contribution in [0.5, 0.6) is 0 Å². The molecule has 7 nitrogen and oxygen atoms in total. The molecule has 2 aromatic heterocycles. The maximum absolute atomic E-state index is 5.24. The van der Waals surface area contributed by atoms with Gasteiger partial charge >= 0.3 is 0 Å². The van der Waals surface area contributed by atoms with Crippen molar-refractivity contribution < 1.29 is 4.52 Å². The predicted molar refractivity (Wildman–Crippen MR) is 96.6 cm³/mol. The smallest absolute Gasteiger partial charge is 0.228 e. The molecule has 0 saturated heterocycles. The lowest BCUT2D eigenvalue weighted by Gasteiger charge is -2.09. The SMILES string of the molecule is CCNC(=NCCc1ncc(C)s1)NCCc1nc(C(C)C)no1. The van der Waals surface area contributed by atoms with E-state index in [4.69, 9.17) is 4.52 Å². The van der Waals surface area contributed by atoms with Crippen LogP contribution >= 0.6 is 11.3 Å². The first-order valence-electron chi connectivity index (χ1n) is 8.34. The van der Waals surface area contributed by atoms with E-state index in [1.807, 2.05) is 27.0 Å². The highest BCUT2D eigenvalue weighted by atomic mass is 32.1. The normalized spacial score (nSPS) is 12.0. The van der Waals surface area contributed by atoms with Crippen molar-refractivity contribution in [3.8, 4) is 0 Å². The molecule has 2 N–H and O–H groups in total. The molecule has 0 aliphatic heterocycles. The Morgan fingerprint density at radius 3 is 2.79 bits per heavy atom. The summed E-state index contributed by atoms with van der Waals surface area (Å²) in [7, 11) is 0. The number of rotatable bonds is 8. The first-order valence-corrected chi connectivity index (χ1v) is 9.16. The molecule has 24 heavy (non-hydrogen) atoms. The quantitative estimate of drug-likeness (QED) is 0.561. The zero-order chi connectivity index (χ0) is 17.4. The largest absolute Gasteiger partial charge is 0.357 e. The van der Waals surface area contributed by atoms with Gasteiger partial charge in [-0.05, 0) is 13.8 Å². The van der Waals surface area contributed by atoms with Gasteiger partial charge in [-0.15, -0.1) is 11.3 Å². The fourth-order valence-electron chi connectivity index (χ4n) is 2.01. The molecule has 8 heteroatoms. The number of aryl methyl sites for hydroxylation is 1. The Hall–Kier alpha value is -1.96. The Morgan fingerprint density at radius 1 is 1.33 bits per heavy atom. The summed E-state index contributed by atoms with van der Waals surface area (Å²) in [5, 5.41) is 11.6. The summed E-state index contributed by atoms with van der Waals surface area (Å²) in [5.74, 6) is 2.49. The highest BCUT2D eigenvalue weighted by molar-refractivity contribution is 7.11. The number of nitrogens with one attached hydrogen (secondary N) is 2. The van der Waals surface area contributed by atoms with Gasteiger partial charge in [0, 0.05) is 49.5 Å². The van der Waals surface area contributed by atoms with Crippen LogP contribution in [0, 0.1) is 6.92 Å². The third kappa shape index (κ3) is 5.92. The summed E-state index contributed by atoms with van der Waals surface area (Å²) in [5.41, 5.74) is 0. The van der Waals surface area contributed by atoms with Crippen molar-refractivity contribution in [2.75, 3.05) is 19.6 Å². The highest BCUT2D eigenvalue weighted by Gasteiger charge is 2.09. The second kappa shape index (κ2) is 9.36. The molecule has 2 heterocycles. The Morgan fingerprint density at radius 2 is 2.17 bits per heavy atom. The van der Waals surface area contributed by atoms with Gasteiger partial charge in [0.1, 0.15) is 0 Å². The van der Waals surface area contributed by atoms with Crippen LogP contribution < -0.4 is 10.6 Å². The van der Waals surface area contributed by atoms with Crippen LogP contribution in [0.4, 0.5) is 0 Å². The number of hydrogen-bond donors (Lipinski definition) is 2. The number of hydrogen-bond acceptors (Lipinski definition) is 6. The molecule has 2 rings (SSSR count). The van der Waals surface area contributed by atoms with Gasteiger partial charge in [-0.2, -0.15) is 4.98 Å². The van der Waals surface area contributed by atoms with Crippen LogP contribution in [-0.2, 0) is 12.8 Å². The van der Waals surface area contributed by atoms with Gasteiger partial charge in [-0.3, -0.25) is 4.99 Å². The van der Waals surface area contributed by atoms with Gasteiger partial charge in [0.05, 0.1) is 5.01 Å². The summed E-state index contributed by atoms with van der Waals surface area (Å²) < 4.78 is 5.24. The number of thiazole rings is 1. The average Bonchev–Trinajstić information content (AvgIpc) is 3.16. The van der Waals surface area contributed by atoms with Crippen LogP contribution in [-0.4, -0.2) is 40.7 Å². The predicted octanol–water partition coefficient (Wildman–Crippen LogP) is 2.30. The van der Waals surface area contributed by atoms with Crippen molar-refractivity contribution in [1.29, 1.82) is 0 Å². The number of aromatic nitrogens is 3. The minimum absolute atomic E-state index is 0.281. The van der Waals surface area contributed by atoms with Crippen molar-refractivity contribution in [3.63, 3.8) is 0 Å². The standard InChI is InChI=1S/C16H26N6OS/c1-5-17-16(19-9-7-14-20-10-12(4)24-14)18-8-6-13-21-15(11(2)3)22-23-13/h10-11H,5-9H2,1-4H3,(H2,17,18,19). The molecular formula is C16H26N6OS. The van der Waals surface area contributed by atoms with Gasteiger partial charge in [0.25, 0.3) is 0 Å². The van der Waals surface area contributed by atoms with E-state index in [-0.39, 0.29) is 5.92 Å². The zero-order valence-corrected chi connectivity index (χ0v) is 15.6. The third-order valence-corrected chi connectivity index (χ3v) is 4.21. The second-order valence-electron chi connectivity index (χ2n) is 5.75. The zero-order valence-electron chi connectivity index (χ0n) is 14.8. The Balaban J connectivity index is 1.78. The molecule has 132 valence electrons. The molecule has 0 unspecified atom stereocenters. The second-order valence-corrected chi connectivity index (χ2v) is 7.07. The van der Waals surface area contributed by atoms with Crippen LogP contribution in [0.25, 0.3) is 0 Å². The number of guanidine groups is 1. The summed E-state index contributed by atoms with van der Waals surface area (Å²) in [4.78, 5) is 14.5. The van der Waals surface area contributed by atoms with Gasteiger partial charge in [0.2, 0.25) is 5.89 Å². The topological polar surface area (TPSA) is 88.2 Å². The van der Waals surface area contributed by atoms with E-state index in [9.17, 15) is 0 Å². The van der Waals surface area contributed by atoms with Crippen molar-refractivity contribution >= 4 is 17.3 Å². The number of aliphatic imine (C=N–C) groups is 1. The van der Waals surface area contributed by atoms with Gasteiger partial charge in [0.15, 0.2) is 11.8 Å². The summed E-state index contributed by atoms with van der Waals surface area (Å²) in [6.45, 7) is 10.4. The molecule has 0 saturated carbocycles. The van der Waals surface area contributed by atoms with Gasteiger partial charge in [-0.1, -0.05) is 19.0 Å². The van der Waals surface area contributed by atoms with E-state index >= 15 is 0 Å². The monoisotopic (exact) mass is 350 g/mol. The molecule has 0 atom stereocenters. The minimum Gasteiger partial charge on any atom is -0.357 e. The van der Waals surface area contributed by atoms with E-state index in [0.29, 0.717) is 25.4 Å². The Bertz CT molecular complexity index is 649. The summed E-state index contributed by atoms with van der Waals surface area (Å²) in [6, 6.07) is 0. The maximum Gasteiger partial charge on any atom is 0.228 e. The van der Waals surface area contributed by atoms with Crippen molar-refractivity contribution in [3.05, 3.63) is 27.8 Å². The fraction of sp³-hybridized carbons (Fsp3) is 0.625. The van der Waals surface area contributed by atoms with Crippen molar-refractivity contribution in [2.45, 2.75) is 46.5 Å². The van der Waals surface area contributed by atoms with E-state index in [2.05, 4.69) is 37.7 Å². The van der Waals surface area contributed by atoms with Gasteiger partial charge in [-0.25, -0.2) is 4.98 Å². The van der Waals surface area contributed by atoms with Gasteiger partial charge < -0.3 is 15.2 Å². The molecule has 0 bridgehead atoms. The lowest BCUT2D eigenvalue weighted by molar-refractivity contribution is 0.371. The number of nitrogens with zero attached hydrogens (tertiary/aromatic N) is 4. The molecule has 0 fully saturated rings. The molecular weight excluding hydrogens is 324 g/mol. The van der Waals surface area contributed by atoms with Crippen LogP contribution in [0.2, 0.25) is 0 Å². The highest BCUT2D eigenvalue weighted by Crippen LogP contribution is 2.11. The molecule has 0 radical (unpaired) electrons. The summed E-state index contributed by atoms with van der Waals surface area (Å²) >= 11 is 1.72. The van der Waals surface area contributed by atoms with Crippen LogP contribution in [0.15, 0.2) is 15.7 Å². The molecule has 0 aliphatic rings. The first-order chi connectivity index (χ1) is 11.6. The molecule has 2 aromatic rings. The Labute approximate surface area is 147 Å². The average molecular weight is 350 g/mol. The maximum atomic E-state index is 5.24.